The minimum atomic E-state index is 0.635. The molecule has 0 radical (unpaired) electrons. The van der Waals surface area contributed by atoms with Gasteiger partial charge in [0, 0.05) is 6.42 Å². The number of tetrazole rings is 1. The second kappa shape index (κ2) is 6.29. The molecule has 0 unspecified atom stereocenters. The summed E-state index contributed by atoms with van der Waals surface area (Å²) < 4.78 is 7.08. The molecule has 0 spiro atoms. The normalized spacial score (nSPS) is 10.7. The van der Waals surface area contributed by atoms with Gasteiger partial charge < -0.3 is 10.5 Å². The van der Waals surface area contributed by atoms with Crippen molar-refractivity contribution in [3.8, 4) is 11.4 Å². The number of methoxy groups -OCH3 is 1. The van der Waals surface area contributed by atoms with Gasteiger partial charge in [-0.1, -0.05) is 6.92 Å². The molecule has 0 saturated carbocycles. The molecule has 0 amide bonds. The molecule has 0 saturated heterocycles. The number of hydrogen-bond donors (Lipinski definition) is 1. The first-order chi connectivity index (χ1) is 9.30. The Morgan fingerprint density at radius 1 is 1.37 bits per heavy atom. The van der Waals surface area contributed by atoms with Gasteiger partial charge in [-0.15, -0.1) is 5.10 Å². The zero-order valence-corrected chi connectivity index (χ0v) is 11.3. The van der Waals surface area contributed by atoms with E-state index >= 15 is 0 Å². The Balaban J connectivity index is 2.33. The lowest BCUT2D eigenvalue weighted by molar-refractivity contribution is 0.410. The minimum Gasteiger partial charge on any atom is -0.496 e. The van der Waals surface area contributed by atoms with Crippen LogP contribution in [-0.2, 0) is 12.8 Å². The lowest BCUT2D eigenvalue weighted by Gasteiger charge is -2.10. The standard InChI is InChI=1S/C13H19N5O/c1-3-10-9-11(6-7-12(10)19-2)18-13(5-4-8-14)15-16-17-18/h6-7,9H,3-5,8,14H2,1-2H3. The molecule has 1 aromatic heterocycles. The van der Waals surface area contributed by atoms with Crippen molar-refractivity contribution in [1.82, 2.24) is 20.2 Å². The number of nitrogens with two attached hydrogens (primary N) is 1. The summed E-state index contributed by atoms with van der Waals surface area (Å²) in [6.45, 7) is 2.73. The van der Waals surface area contributed by atoms with Crippen molar-refractivity contribution in [1.29, 1.82) is 0 Å². The summed E-state index contributed by atoms with van der Waals surface area (Å²) in [4.78, 5) is 0. The zero-order valence-electron chi connectivity index (χ0n) is 11.3. The Hall–Kier alpha value is -1.95. The van der Waals surface area contributed by atoms with Crippen LogP contribution in [0.4, 0.5) is 0 Å². The maximum absolute atomic E-state index is 5.52. The molecule has 2 N–H and O–H groups in total. The second-order valence-corrected chi connectivity index (χ2v) is 4.25. The maximum Gasteiger partial charge on any atom is 0.156 e. The van der Waals surface area contributed by atoms with Gasteiger partial charge in [0.2, 0.25) is 0 Å². The topological polar surface area (TPSA) is 78.9 Å². The third-order valence-electron chi connectivity index (χ3n) is 3.03. The first-order valence-electron chi connectivity index (χ1n) is 6.44. The lowest BCUT2D eigenvalue weighted by Crippen LogP contribution is -2.07. The summed E-state index contributed by atoms with van der Waals surface area (Å²) in [6.07, 6.45) is 2.55. The number of hydrogen-bond acceptors (Lipinski definition) is 5. The number of benzene rings is 1. The second-order valence-electron chi connectivity index (χ2n) is 4.25. The van der Waals surface area contributed by atoms with Gasteiger partial charge in [-0.05, 0) is 53.6 Å². The van der Waals surface area contributed by atoms with Crippen molar-refractivity contribution < 1.29 is 4.74 Å². The quantitative estimate of drug-likeness (QED) is 0.843. The molecule has 6 heteroatoms. The lowest BCUT2D eigenvalue weighted by atomic mass is 10.1. The number of aromatic nitrogens is 4. The van der Waals surface area contributed by atoms with Crippen LogP contribution in [-0.4, -0.2) is 33.9 Å². The molecule has 19 heavy (non-hydrogen) atoms. The van der Waals surface area contributed by atoms with Crippen LogP contribution in [0.2, 0.25) is 0 Å². The van der Waals surface area contributed by atoms with E-state index in [0.717, 1.165) is 42.1 Å². The van der Waals surface area contributed by atoms with E-state index in [-0.39, 0.29) is 0 Å². The van der Waals surface area contributed by atoms with Crippen molar-refractivity contribution in [2.45, 2.75) is 26.2 Å². The summed E-state index contributed by atoms with van der Waals surface area (Å²) in [5.74, 6) is 1.72. The van der Waals surface area contributed by atoms with E-state index in [9.17, 15) is 0 Å². The number of aryl methyl sites for hydroxylation is 2. The summed E-state index contributed by atoms with van der Waals surface area (Å²) in [5.41, 5.74) is 7.62. The molecule has 2 aromatic rings. The monoisotopic (exact) mass is 261 g/mol. The van der Waals surface area contributed by atoms with Crippen LogP contribution in [0.15, 0.2) is 18.2 Å². The van der Waals surface area contributed by atoms with Gasteiger partial charge in [0.25, 0.3) is 0 Å². The largest absolute Gasteiger partial charge is 0.496 e. The highest BCUT2D eigenvalue weighted by Crippen LogP contribution is 2.22. The fraction of sp³-hybridized carbons (Fsp3) is 0.462. The van der Waals surface area contributed by atoms with Gasteiger partial charge in [0.1, 0.15) is 5.75 Å². The third-order valence-corrected chi connectivity index (χ3v) is 3.03. The Labute approximate surface area is 112 Å². The predicted molar refractivity (Wildman–Crippen MR) is 72.5 cm³/mol. The van der Waals surface area contributed by atoms with Crippen molar-refractivity contribution in [2.75, 3.05) is 13.7 Å². The Morgan fingerprint density at radius 3 is 2.89 bits per heavy atom. The van der Waals surface area contributed by atoms with Crippen LogP contribution in [0, 0.1) is 0 Å². The van der Waals surface area contributed by atoms with Crippen molar-refractivity contribution in [3.63, 3.8) is 0 Å². The Morgan fingerprint density at radius 2 is 2.21 bits per heavy atom. The van der Waals surface area contributed by atoms with Gasteiger partial charge in [-0.25, -0.2) is 0 Å². The molecule has 0 aliphatic heterocycles. The summed E-state index contributed by atoms with van der Waals surface area (Å²) >= 11 is 0. The molecule has 0 fully saturated rings. The van der Waals surface area contributed by atoms with Crippen molar-refractivity contribution >= 4 is 0 Å². The first kappa shape index (κ1) is 13.5. The van der Waals surface area contributed by atoms with Gasteiger partial charge in [-0.2, -0.15) is 4.68 Å². The highest BCUT2D eigenvalue weighted by molar-refractivity contribution is 5.44. The van der Waals surface area contributed by atoms with E-state index < -0.39 is 0 Å². The summed E-state index contributed by atoms with van der Waals surface area (Å²) in [5, 5.41) is 11.8. The zero-order chi connectivity index (χ0) is 13.7. The number of ether oxygens (including phenoxy) is 1. The van der Waals surface area contributed by atoms with E-state index in [2.05, 4.69) is 28.5 Å². The van der Waals surface area contributed by atoms with Crippen LogP contribution in [0.25, 0.3) is 5.69 Å². The molecule has 2 rings (SSSR count). The van der Waals surface area contributed by atoms with E-state index in [4.69, 9.17) is 10.5 Å². The number of nitrogens with zero attached hydrogens (tertiary/aromatic N) is 4. The average Bonchev–Trinajstić information content (AvgIpc) is 2.92. The van der Waals surface area contributed by atoms with Gasteiger partial charge in [0.05, 0.1) is 12.8 Å². The van der Waals surface area contributed by atoms with Crippen LogP contribution < -0.4 is 10.5 Å². The molecule has 0 aliphatic rings. The van der Waals surface area contributed by atoms with Crippen molar-refractivity contribution in [2.24, 2.45) is 5.73 Å². The summed E-state index contributed by atoms with van der Waals surface area (Å²) in [7, 11) is 1.68. The highest BCUT2D eigenvalue weighted by Gasteiger charge is 2.10. The molecular formula is C13H19N5O. The first-order valence-corrected chi connectivity index (χ1v) is 6.44. The van der Waals surface area contributed by atoms with E-state index in [0.29, 0.717) is 6.54 Å². The maximum atomic E-state index is 5.52. The van der Waals surface area contributed by atoms with E-state index in [1.54, 1.807) is 11.8 Å². The molecule has 6 nitrogen and oxygen atoms in total. The van der Waals surface area contributed by atoms with Gasteiger partial charge >= 0.3 is 0 Å². The van der Waals surface area contributed by atoms with Gasteiger partial charge in [-0.3, -0.25) is 0 Å². The molecular weight excluding hydrogens is 242 g/mol. The number of rotatable bonds is 6. The van der Waals surface area contributed by atoms with E-state index in [1.165, 1.54) is 0 Å². The SMILES string of the molecule is CCc1cc(-n2nnnc2CCCN)ccc1OC. The molecule has 0 aliphatic carbocycles. The van der Waals surface area contributed by atoms with E-state index in [1.807, 2.05) is 12.1 Å². The molecule has 0 atom stereocenters. The fourth-order valence-corrected chi connectivity index (χ4v) is 2.00. The molecule has 0 bridgehead atoms. The Bertz CT molecular complexity index is 538. The molecule has 1 heterocycles. The van der Waals surface area contributed by atoms with Crippen LogP contribution in [0.5, 0.6) is 5.75 Å². The minimum absolute atomic E-state index is 0.635. The summed E-state index contributed by atoms with van der Waals surface area (Å²) in [6, 6.07) is 5.96. The smallest absolute Gasteiger partial charge is 0.156 e. The average molecular weight is 261 g/mol. The molecule has 102 valence electrons. The molecule has 1 aromatic carbocycles. The fourth-order valence-electron chi connectivity index (χ4n) is 2.00. The third kappa shape index (κ3) is 2.90. The van der Waals surface area contributed by atoms with Crippen molar-refractivity contribution in [3.05, 3.63) is 29.6 Å². The van der Waals surface area contributed by atoms with Crippen LogP contribution in [0.1, 0.15) is 24.7 Å². The highest BCUT2D eigenvalue weighted by atomic mass is 16.5. The Kier molecular flexibility index (Phi) is 4.46. The predicted octanol–water partition coefficient (Wildman–Crippen LogP) is 1.12. The van der Waals surface area contributed by atoms with Crippen LogP contribution >= 0.6 is 0 Å². The van der Waals surface area contributed by atoms with Crippen LogP contribution in [0.3, 0.4) is 0 Å². The van der Waals surface area contributed by atoms with Gasteiger partial charge in [0.15, 0.2) is 5.82 Å².